The molecule has 21 heavy (non-hydrogen) atoms. The molecule has 1 aliphatic rings. The molecule has 0 spiro atoms. The molecular weight excluding hydrogens is 288 g/mol. The van der Waals surface area contributed by atoms with Crippen LogP contribution < -0.4 is 20.1 Å². The maximum Gasteiger partial charge on any atom is 0.162 e. The van der Waals surface area contributed by atoms with Crippen molar-refractivity contribution >= 4 is 11.6 Å². The van der Waals surface area contributed by atoms with Gasteiger partial charge in [0.05, 0.1) is 13.7 Å². The van der Waals surface area contributed by atoms with E-state index < -0.39 is 0 Å². The van der Waals surface area contributed by atoms with Gasteiger partial charge < -0.3 is 20.1 Å². The third kappa shape index (κ3) is 4.77. The van der Waals surface area contributed by atoms with Gasteiger partial charge in [-0.3, -0.25) is 0 Å². The maximum atomic E-state index is 6.33. The molecule has 1 heterocycles. The van der Waals surface area contributed by atoms with E-state index in [9.17, 15) is 0 Å². The van der Waals surface area contributed by atoms with Crippen LogP contribution in [0.5, 0.6) is 11.5 Å². The Labute approximate surface area is 132 Å². The first-order valence-electron chi connectivity index (χ1n) is 7.65. The van der Waals surface area contributed by atoms with Gasteiger partial charge >= 0.3 is 0 Å². The monoisotopic (exact) mass is 312 g/mol. The van der Waals surface area contributed by atoms with Gasteiger partial charge in [0.2, 0.25) is 0 Å². The molecule has 0 radical (unpaired) electrons. The molecule has 0 saturated carbocycles. The van der Waals surface area contributed by atoms with Crippen molar-refractivity contribution in [1.82, 2.24) is 10.6 Å². The summed E-state index contributed by atoms with van der Waals surface area (Å²) in [5.74, 6) is 2.20. The van der Waals surface area contributed by atoms with Crippen molar-refractivity contribution in [3.8, 4) is 11.5 Å². The van der Waals surface area contributed by atoms with Crippen LogP contribution in [0.2, 0.25) is 5.02 Å². The molecule has 1 aromatic rings. The molecule has 0 atom stereocenters. The molecule has 1 aromatic carbocycles. The Morgan fingerprint density at radius 1 is 1.29 bits per heavy atom. The number of nitrogens with one attached hydrogen (secondary N) is 2. The molecule has 5 heteroatoms. The first-order valence-corrected chi connectivity index (χ1v) is 8.03. The fraction of sp³-hybridized carbons (Fsp3) is 0.625. The van der Waals surface area contributed by atoms with E-state index in [1.54, 1.807) is 7.11 Å². The van der Waals surface area contributed by atoms with Crippen molar-refractivity contribution in [3.05, 3.63) is 22.7 Å². The van der Waals surface area contributed by atoms with E-state index in [2.05, 4.69) is 10.6 Å². The Bertz CT molecular complexity index is 448. The summed E-state index contributed by atoms with van der Waals surface area (Å²) in [6.45, 7) is 6.59. The fourth-order valence-corrected chi connectivity index (χ4v) is 2.86. The average molecular weight is 313 g/mol. The standard InChI is InChI=1S/C16H25ClN2O2/c1-3-21-16-9-14(17)13(8-15(16)20-2)11-19-10-12-4-6-18-7-5-12/h8-9,12,18-19H,3-7,10-11H2,1-2H3. The van der Waals surface area contributed by atoms with Crippen LogP contribution in [0, 0.1) is 5.92 Å². The Morgan fingerprint density at radius 2 is 2.05 bits per heavy atom. The molecule has 0 amide bonds. The van der Waals surface area contributed by atoms with Crippen LogP contribution in [0.1, 0.15) is 25.3 Å². The van der Waals surface area contributed by atoms with Crippen molar-refractivity contribution in [3.63, 3.8) is 0 Å². The van der Waals surface area contributed by atoms with Crippen LogP contribution in [0.3, 0.4) is 0 Å². The lowest BCUT2D eigenvalue weighted by Crippen LogP contribution is -2.33. The average Bonchev–Trinajstić information content (AvgIpc) is 2.51. The topological polar surface area (TPSA) is 42.5 Å². The van der Waals surface area contributed by atoms with Gasteiger partial charge in [0.15, 0.2) is 11.5 Å². The lowest BCUT2D eigenvalue weighted by Gasteiger charge is -2.23. The fourth-order valence-electron chi connectivity index (χ4n) is 2.64. The minimum Gasteiger partial charge on any atom is -0.493 e. The van der Waals surface area contributed by atoms with Gasteiger partial charge in [-0.25, -0.2) is 0 Å². The lowest BCUT2D eigenvalue weighted by molar-refractivity contribution is 0.310. The molecule has 0 bridgehead atoms. The number of hydrogen-bond donors (Lipinski definition) is 2. The number of halogens is 1. The number of hydrogen-bond acceptors (Lipinski definition) is 4. The van der Waals surface area contributed by atoms with Crippen molar-refractivity contribution in [2.45, 2.75) is 26.3 Å². The molecular formula is C16H25ClN2O2. The normalized spacial score (nSPS) is 16.0. The molecule has 1 aliphatic heterocycles. The van der Waals surface area contributed by atoms with Crippen LogP contribution in [0.4, 0.5) is 0 Å². The van der Waals surface area contributed by atoms with Gasteiger partial charge in [0, 0.05) is 17.6 Å². The second-order valence-corrected chi connectivity index (χ2v) is 5.76. The Morgan fingerprint density at radius 3 is 2.71 bits per heavy atom. The van der Waals surface area contributed by atoms with E-state index in [0.29, 0.717) is 12.4 Å². The quantitative estimate of drug-likeness (QED) is 0.812. The van der Waals surface area contributed by atoms with Gasteiger partial charge in [-0.2, -0.15) is 0 Å². The highest BCUT2D eigenvalue weighted by molar-refractivity contribution is 6.31. The third-order valence-electron chi connectivity index (χ3n) is 3.84. The first-order chi connectivity index (χ1) is 10.2. The van der Waals surface area contributed by atoms with E-state index in [1.165, 1.54) is 12.8 Å². The van der Waals surface area contributed by atoms with E-state index >= 15 is 0 Å². The minimum atomic E-state index is 0.597. The van der Waals surface area contributed by atoms with Crippen molar-refractivity contribution < 1.29 is 9.47 Å². The molecule has 1 fully saturated rings. The summed E-state index contributed by atoms with van der Waals surface area (Å²) >= 11 is 6.33. The highest BCUT2D eigenvalue weighted by Crippen LogP contribution is 2.33. The van der Waals surface area contributed by atoms with E-state index in [-0.39, 0.29) is 0 Å². The predicted octanol–water partition coefficient (Wildman–Crippen LogP) is 2.84. The number of piperidine rings is 1. The van der Waals surface area contributed by atoms with E-state index in [1.807, 2.05) is 19.1 Å². The Balaban J connectivity index is 1.92. The Kier molecular flexibility index (Phi) is 6.61. The molecule has 0 unspecified atom stereocenters. The van der Waals surface area contributed by atoms with Gasteiger partial charge in [-0.15, -0.1) is 0 Å². The highest BCUT2D eigenvalue weighted by Gasteiger charge is 2.14. The summed E-state index contributed by atoms with van der Waals surface area (Å²) in [4.78, 5) is 0. The number of methoxy groups -OCH3 is 1. The van der Waals surface area contributed by atoms with Crippen LogP contribution >= 0.6 is 11.6 Å². The lowest BCUT2D eigenvalue weighted by atomic mass is 9.98. The van der Waals surface area contributed by atoms with Crippen molar-refractivity contribution in [1.29, 1.82) is 0 Å². The van der Waals surface area contributed by atoms with Crippen LogP contribution in [-0.2, 0) is 6.54 Å². The predicted molar refractivity (Wildman–Crippen MR) is 86.5 cm³/mol. The SMILES string of the molecule is CCOc1cc(Cl)c(CNCC2CCNCC2)cc1OC. The summed E-state index contributed by atoms with van der Waals surface area (Å²) in [6.07, 6.45) is 2.49. The second-order valence-electron chi connectivity index (χ2n) is 5.35. The Hall–Kier alpha value is -0.970. The number of rotatable bonds is 7. The van der Waals surface area contributed by atoms with Crippen LogP contribution in [-0.4, -0.2) is 33.4 Å². The summed E-state index contributed by atoms with van der Waals surface area (Å²) in [7, 11) is 1.65. The van der Waals surface area contributed by atoms with E-state index in [4.69, 9.17) is 21.1 Å². The third-order valence-corrected chi connectivity index (χ3v) is 4.19. The summed E-state index contributed by atoms with van der Waals surface area (Å²) in [5, 5.41) is 7.61. The molecule has 0 aliphatic carbocycles. The van der Waals surface area contributed by atoms with Gasteiger partial charge in [0.25, 0.3) is 0 Å². The zero-order valence-corrected chi connectivity index (χ0v) is 13.6. The second kappa shape index (κ2) is 8.47. The summed E-state index contributed by atoms with van der Waals surface area (Å²) in [5.41, 5.74) is 1.05. The molecule has 0 aromatic heterocycles. The summed E-state index contributed by atoms with van der Waals surface area (Å²) < 4.78 is 10.9. The molecule has 2 rings (SSSR count). The smallest absolute Gasteiger partial charge is 0.162 e. The van der Waals surface area contributed by atoms with E-state index in [0.717, 1.165) is 48.4 Å². The van der Waals surface area contributed by atoms with Gasteiger partial charge in [-0.1, -0.05) is 11.6 Å². The molecule has 4 nitrogen and oxygen atoms in total. The molecule has 1 saturated heterocycles. The largest absolute Gasteiger partial charge is 0.493 e. The van der Waals surface area contributed by atoms with Crippen molar-refractivity contribution in [2.24, 2.45) is 5.92 Å². The van der Waals surface area contributed by atoms with Gasteiger partial charge in [0.1, 0.15) is 0 Å². The van der Waals surface area contributed by atoms with Gasteiger partial charge in [-0.05, 0) is 56.9 Å². The minimum absolute atomic E-state index is 0.597. The number of benzene rings is 1. The van der Waals surface area contributed by atoms with Crippen LogP contribution in [0.15, 0.2) is 12.1 Å². The highest BCUT2D eigenvalue weighted by atomic mass is 35.5. The first kappa shape index (κ1) is 16.4. The molecule has 2 N–H and O–H groups in total. The van der Waals surface area contributed by atoms with Crippen molar-refractivity contribution in [2.75, 3.05) is 33.4 Å². The summed E-state index contributed by atoms with van der Waals surface area (Å²) in [6, 6.07) is 3.80. The zero-order chi connectivity index (χ0) is 15.1. The zero-order valence-electron chi connectivity index (χ0n) is 12.9. The molecule has 118 valence electrons. The number of ether oxygens (including phenoxy) is 2. The van der Waals surface area contributed by atoms with Crippen LogP contribution in [0.25, 0.3) is 0 Å². The maximum absolute atomic E-state index is 6.33.